The molecule has 1 fully saturated rings. The molecule has 30 heavy (non-hydrogen) atoms. The Morgan fingerprint density at radius 1 is 0.767 bits per heavy atom. The number of carbonyl (C=O) groups is 2. The molecule has 3 heteroatoms. The number of carbonyl (C=O) groups excluding carboxylic acids is 2. The summed E-state index contributed by atoms with van der Waals surface area (Å²) >= 11 is 0. The minimum Gasteiger partial charge on any atom is -0.274 e. The highest BCUT2D eigenvalue weighted by Crippen LogP contribution is 2.64. The summed E-state index contributed by atoms with van der Waals surface area (Å²) in [6.45, 7) is 6.18. The molecule has 3 aromatic carbocycles. The molecule has 1 heterocycles. The lowest BCUT2D eigenvalue weighted by atomic mass is 9.48. The number of hydrogen-bond acceptors (Lipinski definition) is 2. The van der Waals surface area contributed by atoms with Gasteiger partial charge in [0.2, 0.25) is 11.8 Å². The van der Waals surface area contributed by atoms with Crippen LogP contribution in [-0.2, 0) is 15.0 Å². The maximum atomic E-state index is 13.9. The van der Waals surface area contributed by atoms with Gasteiger partial charge in [-0.05, 0) is 53.3 Å². The number of rotatable bonds is 1. The summed E-state index contributed by atoms with van der Waals surface area (Å²) in [4.78, 5) is 29.3. The van der Waals surface area contributed by atoms with Gasteiger partial charge in [-0.1, -0.05) is 67.6 Å². The first-order valence-corrected chi connectivity index (χ1v) is 10.6. The fraction of sp³-hybridized carbons (Fsp3) is 0.259. The average Bonchev–Trinajstić information content (AvgIpc) is 3.02. The number of hydrogen-bond donors (Lipinski definition) is 0. The van der Waals surface area contributed by atoms with Crippen molar-refractivity contribution in [2.75, 3.05) is 4.90 Å². The lowest BCUT2D eigenvalue weighted by Gasteiger charge is -2.52. The largest absolute Gasteiger partial charge is 0.274 e. The summed E-state index contributed by atoms with van der Waals surface area (Å²) in [6.07, 6.45) is 0. The Balaban J connectivity index is 1.63. The van der Waals surface area contributed by atoms with Crippen molar-refractivity contribution in [3.63, 3.8) is 0 Å². The van der Waals surface area contributed by atoms with E-state index in [1.54, 1.807) is 0 Å². The van der Waals surface area contributed by atoms with Crippen LogP contribution in [0.5, 0.6) is 0 Å². The second-order valence-corrected chi connectivity index (χ2v) is 9.09. The van der Waals surface area contributed by atoms with Crippen LogP contribution in [0.2, 0.25) is 0 Å². The number of nitrogens with zero attached hydrogens (tertiary/aromatic N) is 1. The first-order chi connectivity index (χ1) is 14.5. The number of aryl methyl sites for hydroxylation is 1. The van der Waals surface area contributed by atoms with Crippen LogP contribution in [-0.4, -0.2) is 11.8 Å². The fourth-order valence-corrected chi connectivity index (χ4v) is 6.37. The molecule has 4 aliphatic rings. The Labute approximate surface area is 176 Å². The summed E-state index contributed by atoms with van der Waals surface area (Å²) in [5, 5.41) is 0. The van der Waals surface area contributed by atoms with Crippen LogP contribution in [0.3, 0.4) is 0 Å². The van der Waals surface area contributed by atoms with Gasteiger partial charge in [0.1, 0.15) is 0 Å². The van der Waals surface area contributed by atoms with Gasteiger partial charge < -0.3 is 0 Å². The molecule has 0 N–H and O–H groups in total. The topological polar surface area (TPSA) is 37.4 Å². The van der Waals surface area contributed by atoms with Gasteiger partial charge in [-0.15, -0.1) is 0 Å². The molecule has 148 valence electrons. The van der Waals surface area contributed by atoms with E-state index in [1.807, 2.05) is 56.3 Å². The van der Waals surface area contributed by atoms with Crippen LogP contribution in [0.25, 0.3) is 0 Å². The second kappa shape index (κ2) is 5.69. The predicted octanol–water partition coefficient (Wildman–Crippen LogP) is 4.87. The lowest BCUT2D eigenvalue weighted by molar-refractivity contribution is -0.123. The second-order valence-electron chi connectivity index (χ2n) is 9.09. The van der Waals surface area contributed by atoms with Crippen molar-refractivity contribution in [3.05, 3.63) is 100 Å². The zero-order valence-electron chi connectivity index (χ0n) is 17.3. The Kier molecular flexibility index (Phi) is 3.35. The van der Waals surface area contributed by atoms with Gasteiger partial charge in [0, 0.05) is 11.3 Å². The third-order valence-electron chi connectivity index (χ3n) is 7.86. The van der Waals surface area contributed by atoms with E-state index in [0.717, 1.165) is 16.8 Å². The molecule has 1 saturated heterocycles. The van der Waals surface area contributed by atoms with Crippen LogP contribution in [0.1, 0.15) is 46.2 Å². The quantitative estimate of drug-likeness (QED) is 0.553. The van der Waals surface area contributed by atoms with E-state index >= 15 is 0 Å². The SMILES string of the molecule is Cc1cccc(N2C(=O)[C@@H]3C4c5ccccc5C(C)(c5ccccc54)[C@H]3C2=O)c1C. The highest BCUT2D eigenvalue weighted by molar-refractivity contribution is 6.24. The van der Waals surface area contributed by atoms with Gasteiger partial charge >= 0.3 is 0 Å². The van der Waals surface area contributed by atoms with Crippen molar-refractivity contribution in [1.82, 2.24) is 0 Å². The highest BCUT2D eigenvalue weighted by Gasteiger charge is 2.66. The maximum absolute atomic E-state index is 13.9. The standard InChI is InChI=1S/C27H23NO2/c1-15-9-8-14-21(16(15)2)28-25(29)23-22-17-10-4-6-12-19(17)27(3,24(23)26(28)30)20-13-7-5-11-18(20)22/h4-14,22-24H,1-3H3/t22?,23-,24-,27?/m1/s1. The van der Waals surface area contributed by atoms with Gasteiger partial charge in [0.25, 0.3) is 0 Å². The zero-order chi connectivity index (χ0) is 20.8. The van der Waals surface area contributed by atoms with Gasteiger partial charge in [-0.3, -0.25) is 9.59 Å². The van der Waals surface area contributed by atoms with E-state index < -0.39 is 5.41 Å². The van der Waals surface area contributed by atoms with Crippen molar-refractivity contribution in [2.24, 2.45) is 11.8 Å². The van der Waals surface area contributed by atoms with Crippen LogP contribution in [0, 0.1) is 25.7 Å². The molecule has 0 saturated carbocycles. The van der Waals surface area contributed by atoms with Crippen molar-refractivity contribution < 1.29 is 9.59 Å². The number of benzene rings is 3. The van der Waals surface area contributed by atoms with Gasteiger partial charge in [0.05, 0.1) is 17.5 Å². The molecule has 3 aromatic rings. The molecule has 1 aliphatic heterocycles. The first kappa shape index (κ1) is 17.6. The molecule has 2 amide bonds. The summed E-state index contributed by atoms with van der Waals surface area (Å²) in [7, 11) is 0. The minimum absolute atomic E-state index is 0.0565. The van der Waals surface area contributed by atoms with E-state index in [2.05, 4.69) is 31.2 Å². The van der Waals surface area contributed by atoms with E-state index in [0.29, 0.717) is 0 Å². The van der Waals surface area contributed by atoms with Crippen LogP contribution in [0.4, 0.5) is 5.69 Å². The first-order valence-electron chi connectivity index (χ1n) is 10.6. The molecule has 0 aromatic heterocycles. The molecule has 0 spiro atoms. The molecule has 2 bridgehead atoms. The average molecular weight is 393 g/mol. The smallest absolute Gasteiger partial charge is 0.238 e. The van der Waals surface area contributed by atoms with Crippen molar-refractivity contribution in [3.8, 4) is 0 Å². The van der Waals surface area contributed by atoms with E-state index in [4.69, 9.17) is 0 Å². The van der Waals surface area contributed by atoms with Crippen molar-refractivity contribution in [2.45, 2.75) is 32.1 Å². The summed E-state index contributed by atoms with van der Waals surface area (Å²) < 4.78 is 0. The number of imide groups is 1. The molecule has 0 radical (unpaired) electrons. The van der Waals surface area contributed by atoms with Gasteiger partial charge in [0.15, 0.2) is 0 Å². The molecular weight excluding hydrogens is 370 g/mol. The predicted molar refractivity (Wildman–Crippen MR) is 117 cm³/mol. The van der Waals surface area contributed by atoms with Crippen LogP contribution < -0.4 is 4.90 Å². The van der Waals surface area contributed by atoms with Gasteiger partial charge in [-0.25, -0.2) is 4.90 Å². The summed E-state index contributed by atoms with van der Waals surface area (Å²) in [6, 6.07) is 22.6. The van der Waals surface area contributed by atoms with E-state index in [9.17, 15) is 9.59 Å². The Morgan fingerprint density at radius 3 is 2.00 bits per heavy atom. The van der Waals surface area contributed by atoms with Crippen LogP contribution in [0.15, 0.2) is 66.7 Å². The molecular formula is C27H23NO2. The normalized spacial score (nSPS) is 28.4. The van der Waals surface area contributed by atoms with E-state index in [-0.39, 0.29) is 29.6 Å². The van der Waals surface area contributed by atoms with E-state index in [1.165, 1.54) is 27.2 Å². The highest BCUT2D eigenvalue weighted by atomic mass is 16.2. The summed E-state index contributed by atoms with van der Waals surface area (Å²) in [5.74, 6) is -0.920. The van der Waals surface area contributed by atoms with Crippen LogP contribution >= 0.6 is 0 Å². The molecule has 2 atom stereocenters. The number of amides is 2. The number of anilines is 1. The maximum Gasteiger partial charge on any atom is 0.238 e. The molecule has 3 aliphatic carbocycles. The molecule has 7 rings (SSSR count). The van der Waals surface area contributed by atoms with Crippen molar-refractivity contribution >= 4 is 17.5 Å². The minimum atomic E-state index is -0.508. The lowest BCUT2D eigenvalue weighted by Crippen LogP contribution is -2.51. The third-order valence-corrected chi connectivity index (χ3v) is 7.86. The Bertz CT molecular complexity index is 1210. The molecule has 3 nitrogen and oxygen atoms in total. The third kappa shape index (κ3) is 1.86. The molecule has 0 unspecified atom stereocenters. The zero-order valence-corrected chi connectivity index (χ0v) is 17.3. The monoisotopic (exact) mass is 393 g/mol. The summed E-state index contributed by atoms with van der Waals surface area (Å²) in [5.41, 5.74) is 7.08. The Morgan fingerprint density at radius 2 is 1.37 bits per heavy atom. The Hall–Kier alpha value is -3.20. The fourth-order valence-electron chi connectivity index (χ4n) is 6.37. The van der Waals surface area contributed by atoms with Crippen molar-refractivity contribution in [1.29, 1.82) is 0 Å². The van der Waals surface area contributed by atoms with Gasteiger partial charge in [-0.2, -0.15) is 0 Å².